The maximum atomic E-state index is 9.00. The van der Waals surface area contributed by atoms with Gasteiger partial charge in [0.25, 0.3) is 0 Å². The van der Waals surface area contributed by atoms with E-state index in [0.29, 0.717) is 18.0 Å². The third kappa shape index (κ3) is 4.33. The van der Waals surface area contributed by atoms with E-state index in [1.807, 2.05) is 18.5 Å². The van der Waals surface area contributed by atoms with E-state index in [4.69, 9.17) is 20.5 Å². The summed E-state index contributed by atoms with van der Waals surface area (Å²) in [5.74, 6) is 0.700. The lowest BCUT2D eigenvalue weighted by Crippen LogP contribution is -2.02. The summed E-state index contributed by atoms with van der Waals surface area (Å²) in [5.41, 5.74) is 3.12. The highest BCUT2D eigenvalue weighted by molar-refractivity contribution is 7.09. The molecular formula is C17H13N5OS. The second-order valence-electron chi connectivity index (χ2n) is 4.69. The number of ether oxygens (including phenoxy) is 1. The van der Waals surface area contributed by atoms with E-state index in [1.165, 1.54) is 4.88 Å². The zero-order valence-corrected chi connectivity index (χ0v) is 13.7. The smallest absolute Gasteiger partial charge is 0.163 e. The zero-order valence-electron chi connectivity index (χ0n) is 12.9. The van der Waals surface area contributed by atoms with Gasteiger partial charge in [-0.3, -0.25) is 0 Å². The minimum Gasteiger partial charge on any atom is -0.493 e. The van der Waals surface area contributed by atoms with Gasteiger partial charge >= 0.3 is 0 Å². The van der Waals surface area contributed by atoms with Crippen LogP contribution in [0.4, 0.5) is 5.69 Å². The molecule has 0 aliphatic rings. The lowest BCUT2D eigenvalue weighted by Gasteiger charge is -2.08. The summed E-state index contributed by atoms with van der Waals surface area (Å²) >= 11 is 1.61. The number of anilines is 1. The Morgan fingerprint density at radius 2 is 1.88 bits per heavy atom. The fraction of sp³-hybridized carbons (Fsp3) is 0.176. The number of benzene rings is 1. The predicted molar refractivity (Wildman–Crippen MR) is 90.0 cm³/mol. The van der Waals surface area contributed by atoms with Crippen molar-refractivity contribution in [2.24, 2.45) is 0 Å². The highest BCUT2D eigenvalue weighted by atomic mass is 32.1. The van der Waals surface area contributed by atoms with Crippen LogP contribution in [0.25, 0.3) is 0 Å². The monoisotopic (exact) mass is 335 g/mol. The maximum absolute atomic E-state index is 9.00. The quantitative estimate of drug-likeness (QED) is 0.812. The molecule has 1 aromatic carbocycles. The van der Waals surface area contributed by atoms with Gasteiger partial charge in [0.1, 0.15) is 29.7 Å². The molecule has 1 N–H and O–H groups in total. The molecule has 0 spiro atoms. The van der Waals surface area contributed by atoms with E-state index in [0.717, 1.165) is 12.1 Å². The molecule has 0 aliphatic carbocycles. The second-order valence-corrected chi connectivity index (χ2v) is 5.63. The van der Waals surface area contributed by atoms with Crippen LogP contribution >= 0.6 is 11.3 Å². The Labute approximate surface area is 143 Å². The maximum Gasteiger partial charge on any atom is 0.163 e. The van der Waals surface area contributed by atoms with E-state index in [2.05, 4.69) is 10.3 Å². The van der Waals surface area contributed by atoms with Crippen molar-refractivity contribution in [3.63, 3.8) is 0 Å². The minimum atomic E-state index is -0.252. The van der Waals surface area contributed by atoms with Crippen LogP contribution in [0.1, 0.15) is 10.6 Å². The van der Waals surface area contributed by atoms with Crippen molar-refractivity contribution in [2.75, 3.05) is 11.9 Å². The molecule has 0 aliphatic heterocycles. The summed E-state index contributed by atoms with van der Waals surface area (Å²) in [6, 6.07) is 12.1. The van der Waals surface area contributed by atoms with Crippen LogP contribution in [0, 0.1) is 40.9 Å². The number of rotatable bonds is 6. The Hall–Kier alpha value is -3.34. The van der Waals surface area contributed by atoms with Gasteiger partial charge in [-0.1, -0.05) is 0 Å². The second kappa shape index (κ2) is 8.33. The average Bonchev–Trinajstić information content (AvgIpc) is 3.01. The molecule has 7 heteroatoms. The molecule has 0 amide bonds. The summed E-state index contributed by atoms with van der Waals surface area (Å²) < 4.78 is 5.68. The molecule has 2 aromatic rings. The first-order valence-electron chi connectivity index (χ1n) is 7.01. The average molecular weight is 335 g/mol. The van der Waals surface area contributed by atoms with E-state index in [-0.39, 0.29) is 11.3 Å². The molecule has 0 radical (unpaired) electrons. The summed E-state index contributed by atoms with van der Waals surface area (Å²) in [6.45, 7) is 2.52. The third-order valence-electron chi connectivity index (χ3n) is 3.15. The largest absolute Gasteiger partial charge is 0.493 e. The van der Waals surface area contributed by atoms with Gasteiger partial charge in [0.05, 0.1) is 17.8 Å². The third-order valence-corrected chi connectivity index (χ3v) is 4.15. The van der Waals surface area contributed by atoms with Crippen LogP contribution in [-0.2, 0) is 6.42 Å². The normalized spacial score (nSPS) is 9.25. The number of aryl methyl sites for hydroxylation is 1. The van der Waals surface area contributed by atoms with Crippen LogP contribution in [0.3, 0.4) is 0 Å². The number of nitrogens with zero attached hydrogens (tertiary/aromatic N) is 4. The summed E-state index contributed by atoms with van der Waals surface area (Å²) in [5, 5.41) is 29.4. The Balaban J connectivity index is 1.95. The molecule has 0 unspecified atom stereocenters. The molecule has 24 heavy (non-hydrogen) atoms. The Bertz CT molecular complexity index is 846. The number of allylic oxidation sites excluding steroid dienone is 2. The molecule has 0 saturated carbocycles. The number of hydrogen-bond donors (Lipinski definition) is 1. The van der Waals surface area contributed by atoms with Gasteiger partial charge in [0.2, 0.25) is 0 Å². The van der Waals surface area contributed by atoms with Gasteiger partial charge < -0.3 is 10.1 Å². The molecule has 0 saturated heterocycles. The van der Waals surface area contributed by atoms with Gasteiger partial charge in [-0.25, -0.2) is 4.98 Å². The fourth-order valence-electron chi connectivity index (χ4n) is 1.89. The number of hydrogen-bond acceptors (Lipinski definition) is 7. The molecule has 0 fully saturated rings. The first-order valence-corrected chi connectivity index (χ1v) is 7.89. The van der Waals surface area contributed by atoms with Crippen molar-refractivity contribution in [1.82, 2.24) is 4.98 Å². The molecule has 118 valence electrons. The molecule has 1 heterocycles. The number of nitrogens with one attached hydrogen (secondary N) is 1. The highest BCUT2D eigenvalue weighted by Gasteiger charge is 2.06. The van der Waals surface area contributed by atoms with Crippen molar-refractivity contribution in [2.45, 2.75) is 13.3 Å². The van der Waals surface area contributed by atoms with E-state index in [1.54, 1.807) is 47.7 Å². The summed E-state index contributed by atoms with van der Waals surface area (Å²) in [7, 11) is 0. The van der Waals surface area contributed by atoms with E-state index < -0.39 is 0 Å². The van der Waals surface area contributed by atoms with Crippen molar-refractivity contribution >= 4 is 17.0 Å². The molecule has 2 rings (SSSR count). The number of aromatic nitrogens is 1. The van der Waals surface area contributed by atoms with Crippen molar-refractivity contribution in [3.8, 4) is 24.0 Å². The standard InChI is InChI=1S/C17H13N5OS/c1-12-17(24-11-21-12)6-7-23-15-4-2-14(3-5-15)22-16(10-20)13(8-18)9-19/h2-5,11,22H,6-7H2,1H3. The molecule has 1 aromatic heterocycles. The number of nitriles is 3. The van der Waals surface area contributed by atoms with E-state index >= 15 is 0 Å². The predicted octanol–water partition coefficient (Wildman–Crippen LogP) is 3.31. The van der Waals surface area contributed by atoms with Crippen molar-refractivity contribution in [1.29, 1.82) is 15.8 Å². The molecule has 6 nitrogen and oxygen atoms in total. The van der Waals surface area contributed by atoms with Crippen LogP contribution in [-0.4, -0.2) is 11.6 Å². The molecular weight excluding hydrogens is 322 g/mol. The van der Waals surface area contributed by atoms with Gasteiger partial charge in [-0.05, 0) is 31.2 Å². The van der Waals surface area contributed by atoms with Crippen LogP contribution in [0.5, 0.6) is 5.75 Å². The van der Waals surface area contributed by atoms with Crippen molar-refractivity contribution < 1.29 is 4.74 Å². The zero-order chi connectivity index (χ0) is 17.4. The van der Waals surface area contributed by atoms with Gasteiger partial charge in [0.15, 0.2) is 5.57 Å². The topological polar surface area (TPSA) is 106 Å². The van der Waals surface area contributed by atoms with Crippen LogP contribution in [0.15, 0.2) is 41.0 Å². The fourth-order valence-corrected chi connectivity index (χ4v) is 2.65. The SMILES string of the molecule is Cc1ncsc1CCOc1ccc(NC(C#N)=C(C#N)C#N)cc1. The lowest BCUT2D eigenvalue weighted by molar-refractivity contribution is 0.322. The Morgan fingerprint density at radius 1 is 1.17 bits per heavy atom. The summed E-state index contributed by atoms with van der Waals surface area (Å²) in [4.78, 5) is 5.40. The van der Waals surface area contributed by atoms with Crippen LogP contribution in [0.2, 0.25) is 0 Å². The highest BCUT2D eigenvalue weighted by Crippen LogP contribution is 2.19. The van der Waals surface area contributed by atoms with Gasteiger partial charge in [0, 0.05) is 17.0 Å². The molecule has 0 atom stereocenters. The van der Waals surface area contributed by atoms with Gasteiger partial charge in [-0.15, -0.1) is 11.3 Å². The minimum absolute atomic E-state index is 0.0747. The Kier molecular flexibility index (Phi) is 5.91. The molecule has 0 bridgehead atoms. The van der Waals surface area contributed by atoms with Crippen LogP contribution < -0.4 is 10.1 Å². The van der Waals surface area contributed by atoms with E-state index in [9.17, 15) is 0 Å². The number of thiazole rings is 1. The first-order chi connectivity index (χ1) is 11.7. The first kappa shape index (κ1) is 17.0. The summed E-state index contributed by atoms with van der Waals surface area (Å²) in [6.07, 6.45) is 0.797. The van der Waals surface area contributed by atoms with Crippen molar-refractivity contribution in [3.05, 3.63) is 51.6 Å². The lowest BCUT2D eigenvalue weighted by atomic mass is 10.2. The Morgan fingerprint density at radius 3 is 2.42 bits per heavy atom. The van der Waals surface area contributed by atoms with Gasteiger partial charge in [-0.2, -0.15) is 15.8 Å².